The number of nitrogens with zero attached hydrogens (tertiary/aromatic N) is 3. The van der Waals surface area contributed by atoms with Crippen LogP contribution in [-0.2, 0) is 11.8 Å². The Morgan fingerprint density at radius 3 is 2.48 bits per heavy atom. The number of hydrogen-bond donors (Lipinski definition) is 1. The maximum absolute atomic E-state index is 12.7. The van der Waals surface area contributed by atoms with Crippen LogP contribution in [0.15, 0.2) is 60.9 Å². The molecule has 1 amide bonds. The highest BCUT2D eigenvalue weighted by Crippen LogP contribution is 2.41. The Labute approximate surface area is 157 Å². The minimum absolute atomic E-state index is 0.0273. The van der Waals surface area contributed by atoms with Gasteiger partial charge in [-0.1, -0.05) is 42.5 Å². The fraction of sp³-hybridized carbons (Fsp3) is 0.227. The number of likely N-dealkylation sites (tertiary alicyclic amines) is 1. The van der Waals surface area contributed by atoms with Gasteiger partial charge in [0.1, 0.15) is 0 Å². The molecule has 2 aliphatic rings. The molecular weight excluding hydrogens is 336 g/mol. The Balaban J connectivity index is 1.60. The van der Waals surface area contributed by atoms with E-state index in [-0.39, 0.29) is 11.3 Å². The third kappa shape index (κ3) is 2.50. The third-order valence-electron chi connectivity index (χ3n) is 5.70. The predicted molar refractivity (Wildman–Crippen MR) is 103 cm³/mol. The quantitative estimate of drug-likeness (QED) is 0.784. The number of rotatable bonds is 3. The fourth-order valence-electron chi connectivity index (χ4n) is 4.04. The van der Waals surface area contributed by atoms with Crippen molar-refractivity contribution in [1.29, 1.82) is 0 Å². The van der Waals surface area contributed by atoms with Gasteiger partial charge in [0.2, 0.25) is 0 Å². The molecular formula is C22H20N4O. The number of pyridine rings is 1. The maximum atomic E-state index is 12.7. The highest BCUT2D eigenvalue weighted by molar-refractivity contribution is 5.97. The van der Waals surface area contributed by atoms with Gasteiger partial charge in [-0.2, -0.15) is 5.10 Å². The Morgan fingerprint density at radius 1 is 1.04 bits per heavy atom. The molecule has 1 aliphatic carbocycles. The summed E-state index contributed by atoms with van der Waals surface area (Å²) in [5.41, 5.74) is 4.55. The van der Waals surface area contributed by atoms with Crippen LogP contribution in [0.3, 0.4) is 0 Å². The van der Waals surface area contributed by atoms with E-state index in [2.05, 4.69) is 63.7 Å². The summed E-state index contributed by atoms with van der Waals surface area (Å²) in [7, 11) is 0. The molecule has 5 heteroatoms. The lowest BCUT2D eigenvalue weighted by Gasteiger charge is -2.34. The molecule has 1 N–H and O–H groups in total. The van der Waals surface area contributed by atoms with Crippen molar-refractivity contribution in [3.8, 4) is 0 Å². The summed E-state index contributed by atoms with van der Waals surface area (Å²) in [6.07, 6.45) is 9.73. The molecule has 5 nitrogen and oxygen atoms in total. The zero-order valence-electron chi connectivity index (χ0n) is 14.9. The highest BCUT2D eigenvalue weighted by Gasteiger charge is 2.37. The number of aromatic amines is 1. The molecule has 5 rings (SSSR count). The minimum Gasteiger partial charge on any atom is -0.337 e. The molecule has 1 fully saturated rings. The monoisotopic (exact) mass is 356 g/mol. The van der Waals surface area contributed by atoms with E-state index < -0.39 is 0 Å². The summed E-state index contributed by atoms with van der Waals surface area (Å²) >= 11 is 0. The molecule has 3 aromatic rings. The number of carbonyl (C=O) groups is 1. The van der Waals surface area contributed by atoms with E-state index in [1.807, 2.05) is 23.4 Å². The van der Waals surface area contributed by atoms with Gasteiger partial charge < -0.3 is 4.90 Å². The predicted octanol–water partition coefficient (Wildman–Crippen LogP) is 3.21. The van der Waals surface area contributed by atoms with Crippen molar-refractivity contribution in [2.75, 3.05) is 13.1 Å². The first kappa shape index (κ1) is 16.0. The number of fused-ring (bicyclic) bond motifs is 1. The van der Waals surface area contributed by atoms with Gasteiger partial charge in [-0.15, -0.1) is 0 Å². The molecule has 0 bridgehead atoms. The van der Waals surface area contributed by atoms with Crippen LogP contribution in [0, 0.1) is 0 Å². The topological polar surface area (TPSA) is 61.9 Å². The van der Waals surface area contributed by atoms with Crippen LogP contribution >= 0.6 is 0 Å². The smallest absolute Gasteiger partial charge is 0.274 e. The van der Waals surface area contributed by atoms with Gasteiger partial charge >= 0.3 is 0 Å². The Bertz CT molecular complexity index is 964. The lowest BCUT2D eigenvalue weighted by Crippen LogP contribution is -2.42. The van der Waals surface area contributed by atoms with Crippen LogP contribution in [0.2, 0.25) is 0 Å². The minimum atomic E-state index is -0.305. The molecule has 0 radical (unpaired) electrons. The van der Waals surface area contributed by atoms with Gasteiger partial charge in [0, 0.05) is 48.6 Å². The molecule has 0 spiro atoms. The van der Waals surface area contributed by atoms with Gasteiger partial charge in [0.15, 0.2) is 5.69 Å². The number of amides is 1. The van der Waals surface area contributed by atoms with Crippen molar-refractivity contribution in [3.05, 3.63) is 89.0 Å². The van der Waals surface area contributed by atoms with Crippen LogP contribution in [-0.4, -0.2) is 39.1 Å². The average molecular weight is 356 g/mol. The number of benzene rings is 1. The SMILES string of the molecule is O=C(c1n[nH]c2c1C=CC(c1ccccc1)(c1ccncc1)C2)N1CCC1. The van der Waals surface area contributed by atoms with Crippen molar-refractivity contribution < 1.29 is 4.79 Å². The molecule has 27 heavy (non-hydrogen) atoms. The van der Waals surface area contributed by atoms with Crippen LogP contribution in [0.4, 0.5) is 0 Å². The standard InChI is InChI=1S/C22H20N4O/c27-21(26-13-4-14-26)20-18-7-10-22(15-19(18)24-25-20,16-5-2-1-3-6-16)17-8-11-23-12-9-17/h1-3,5-12H,4,13-15H2,(H,24,25). The lowest BCUT2D eigenvalue weighted by atomic mass is 9.68. The number of aromatic nitrogens is 3. The zero-order valence-corrected chi connectivity index (χ0v) is 14.9. The van der Waals surface area contributed by atoms with Crippen LogP contribution in [0.25, 0.3) is 6.08 Å². The summed E-state index contributed by atoms with van der Waals surface area (Å²) < 4.78 is 0. The van der Waals surface area contributed by atoms with Crippen molar-refractivity contribution in [3.63, 3.8) is 0 Å². The van der Waals surface area contributed by atoms with E-state index in [4.69, 9.17) is 0 Å². The highest BCUT2D eigenvalue weighted by atomic mass is 16.2. The van der Waals surface area contributed by atoms with E-state index in [1.165, 1.54) is 11.1 Å². The van der Waals surface area contributed by atoms with Crippen molar-refractivity contribution in [1.82, 2.24) is 20.1 Å². The zero-order chi connectivity index (χ0) is 18.3. The van der Waals surface area contributed by atoms with E-state index in [9.17, 15) is 4.79 Å². The first-order valence-electron chi connectivity index (χ1n) is 9.30. The first-order chi connectivity index (χ1) is 13.3. The number of H-pyrrole nitrogens is 1. The molecule has 3 heterocycles. The third-order valence-corrected chi connectivity index (χ3v) is 5.70. The molecule has 0 saturated carbocycles. The lowest BCUT2D eigenvalue weighted by molar-refractivity contribution is 0.0645. The number of carbonyl (C=O) groups excluding carboxylic acids is 1. The first-order valence-corrected chi connectivity index (χ1v) is 9.30. The maximum Gasteiger partial charge on any atom is 0.274 e. The summed E-state index contributed by atoms with van der Waals surface area (Å²) in [4.78, 5) is 18.7. The Kier molecular flexibility index (Phi) is 3.67. The van der Waals surface area contributed by atoms with Crippen molar-refractivity contribution in [2.45, 2.75) is 18.3 Å². The Morgan fingerprint density at radius 2 is 1.78 bits per heavy atom. The van der Waals surface area contributed by atoms with Gasteiger partial charge in [0.25, 0.3) is 5.91 Å². The second-order valence-corrected chi connectivity index (χ2v) is 7.19. The summed E-state index contributed by atoms with van der Waals surface area (Å²) in [5, 5.41) is 7.51. The molecule has 1 aliphatic heterocycles. The van der Waals surface area contributed by atoms with Gasteiger partial charge in [-0.3, -0.25) is 14.9 Å². The van der Waals surface area contributed by atoms with E-state index in [0.29, 0.717) is 5.69 Å². The largest absolute Gasteiger partial charge is 0.337 e. The van der Waals surface area contributed by atoms with Gasteiger partial charge in [-0.05, 0) is 29.7 Å². The summed E-state index contributed by atoms with van der Waals surface area (Å²) in [5.74, 6) is 0.0273. The van der Waals surface area contributed by atoms with Gasteiger partial charge in [-0.25, -0.2) is 0 Å². The van der Waals surface area contributed by atoms with Crippen molar-refractivity contribution in [2.24, 2.45) is 0 Å². The Hall–Kier alpha value is -3.21. The fourth-order valence-corrected chi connectivity index (χ4v) is 4.04. The number of hydrogen-bond acceptors (Lipinski definition) is 3. The van der Waals surface area contributed by atoms with E-state index >= 15 is 0 Å². The van der Waals surface area contributed by atoms with Crippen LogP contribution < -0.4 is 0 Å². The molecule has 2 aromatic heterocycles. The molecule has 1 saturated heterocycles. The van der Waals surface area contributed by atoms with E-state index in [1.54, 1.807) is 0 Å². The second kappa shape index (κ2) is 6.20. The average Bonchev–Trinajstić information content (AvgIpc) is 3.11. The normalized spacial score (nSPS) is 20.8. The molecule has 134 valence electrons. The molecule has 1 atom stereocenters. The van der Waals surface area contributed by atoms with Crippen molar-refractivity contribution >= 4 is 12.0 Å². The van der Waals surface area contributed by atoms with Crippen LogP contribution in [0.1, 0.15) is 39.3 Å². The number of allylic oxidation sites excluding steroid dienone is 1. The van der Waals surface area contributed by atoms with E-state index in [0.717, 1.165) is 37.2 Å². The number of nitrogens with one attached hydrogen (secondary N) is 1. The summed E-state index contributed by atoms with van der Waals surface area (Å²) in [6.45, 7) is 1.66. The molecule has 1 aromatic carbocycles. The van der Waals surface area contributed by atoms with Crippen LogP contribution in [0.5, 0.6) is 0 Å². The van der Waals surface area contributed by atoms with Gasteiger partial charge in [0.05, 0.1) is 0 Å². The molecule has 1 unspecified atom stereocenters. The summed E-state index contributed by atoms with van der Waals surface area (Å²) in [6, 6.07) is 14.6. The second-order valence-electron chi connectivity index (χ2n) is 7.19.